The summed E-state index contributed by atoms with van der Waals surface area (Å²) in [5, 5.41) is 12.0. The summed E-state index contributed by atoms with van der Waals surface area (Å²) in [6.07, 6.45) is 0.815. The summed E-state index contributed by atoms with van der Waals surface area (Å²) < 4.78 is 46.7. The first kappa shape index (κ1) is 24.5. The molecular weight excluding hydrogens is 413 g/mol. The zero-order chi connectivity index (χ0) is 22.3. The number of halogens is 1. The van der Waals surface area contributed by atoms with Crippen LogP contribution in [-0.4, -0.2) is 56.1 Å². The second-order valence-corrected chi connectivity index (χ2v) is 9.90. The summed E-state index contributed by atoms with van der Waals surface area (Å²) >= 11 is 0. The highest BCUT2D eigenvalue weighted by Gasteiger charge is 2.26. The van der Waals surface area contributed by atoms with Crippen molar-refractivity contribution in [1.82, 2.24) is 14.9 Å². The van der Waals surface area contributed by atoms with Crippen LogP contribution in [0.1, 0.15) is 51.6 Å². The molecule has 1 saturated heterocycles. The average molecular weight is 446 g/mol. The van der Waals surface area contributed by atoms with Gasteiger partial charge in [0.25, 0.3) is 0 Å². The Bertz CT molecular complexity index is 819. The molecule has 0 aromatic heterocycles. The number of rotatable bonds is 12. The highest BCUT2D eigenvalue weighted by molar-refractivity contribution is 7.89. The molecule has 0 spiro atoms. The van der Waals surface area contributed by atoms with Crippen LogP contribution in [0.2, 0.25) is 0 Å². The summed E-state index contributed by atoms with van der Waals surface area (Å²) in [6.45, 7) is 6.66. The molecule has 10 heteroatoms. The average Bonchev–Trinajstić information content (AvgIpc) is 2.97. The van der Waals surface area contributed by atoms with Gasteiger partial charge in [0, 0.05) is 12.6 Å². The highest BCUT2D eigenvalue weighted by atomic mass is 32.2. The van der Waals surface area contributed by atoms with E-state index in [0.29, 0.717) is 38.0 Å². The van der Waals surface area contributed by atoms with E-state index in [1.807, 2.05) is 13.8 Å². The molecule has 2 atom stereocenters. The van der Waals surface area contributed by atoms with Gasteiger partial charge in [0.2, 0.25) is 15.9 Å². The van der Waals surface area contributed by atoms with Crippen molar-refractivity contribution in [2.24, 2.45) is 5.92 Å². The molecule has 0 saturated carbocycles. The van der Waals surface area contributed by atoms with Gasteiger partial charge in [-0.25, -0.2) is 17.5 Å². The molecule has 3 N–H and O–H groups in total. The number of hydrogen-bond acceptors (Lipinski definition) is 6. The van der Waals surface area contributed by atoms with E-state index >= 15 is 0 Å². The number of aliphatic hydroxyl groups is 1. The van der Waals surface area contributed by atoms with Crippen molar-refractivity contribution in [2.75, 3.05) is 25.4 Å². The number of nitrogens with zero attached hydrogens (tertiary/aromatic N) is 1. The van der Waals surface area contributed by atoms with E-state index in [1.165, 1.54) is 12.1 Å². The first-order valence-electron chi connectivity index (χ1n) is 10.2. The number of sulfonamides is 1. The number of carbonyl (C=O) groups excluding carboxylic acids is 1. The van der Waals surface area contributed by atoms with Crippen molar-refractivity contribution in [2.45, 2.75) is 52.4 Å². The molecule has 1 amide bonds. The third-order valence-electron chi connectivity index (χ3n) is 4.72. The first-order valence-corrected chi connectivity index (χ1v) is 11.9. The SMILES string of the molecule is CC(C)COc1cc([C@@H](C)NS(=O)(=O)CCCCCN2CC(=O)NC2O)ccc1F. The molecule has 1 fully saturated rings. The van der Waals surface area contributed by atoms with E-state index in [4.69, 9.17) is 4.74 Å². The molecule has 1 aromatic rings. The molecular formula is C20H32FN3O5S. The Labute approximate surface area is 177 Å². The van der Waals surface area contributed by atoms with Crippen molar-refractivity contribution >= 4 is 15.9 Å². The topological polar surface area (TPSA) is 108 Å². The van der Waals surface area contributed by atoms with Gasteiger partial charge in [0.05, 0.1) is 18.9 Å². The largest absolute Gasteiger partial charge is 0.490 e. The minimum absolute atomic E-state index is 0.0328. The van der Waals surface area contributed by atoms with E-state index in [9.17, 15) is 22.7 Å². The molecule has 1 aliphatic heterocycles. The molecule has 0 radical (unpaired) electrons. The maximum absolute atomic E-state index is 13.9. The van der Waals surface area contributed by atoms with Crippen molar-refractivity contribution in [3.8, 4) is 5.75 Å². The smallest absolute Gasteiger partial charge is 0.237 e. The predicted octanol–water partition coefficient (Wildman–Crippen LogP) is 1.72. The van der Waals surface area contributed by atoms with E-state index in [2.05, 4.69) is 10.0 Å². The number of amides is 1. The number of benzene rings is 1. The van der Waals surface area contributed by atoms with E-state index in [1.54, 1.807) is 17.9 Å². The van der Waals surface area contributed by atoms with Gasteiger partial charge in [0.1, 0.15) is 0 Å². The Hall–Kier alpha value is -1.75. The lowest BCUT2D eigenvalue weighted by Gasteiger charge is -2.18. The third kappa shape index (κ3) is 7.82. The lowest BCUT2D eigenvalue weighted by molar-refractivity contribution is -0.119. The highest BCUT2D eigenvalue weighted by Crippen LogP contribution is 2.24. The van der Waals surface area contributed by atoms with Gasteiger partial charge in [-0.05, 0) is 43.4 Å². The normalized spacial score (nSPS) is 18.6. The van der Waals surface area contributed by atoms with Gasteiger partial charge in [-0.1, -0.05) is 26.3 Å². The third-order valence-corrected chi connectivity index (χ3v) is 6.26. The van der Waals surface area contributed by atoms with Gasteiger partial charge in [-0.2, -0.15) is 0 Å². The molecule has 30 heavy (non-hydrogen) atoms. The van der Waals surface area contributed by atoms with E-state index in [-0.39, 0.29) is 29.9 Å². The molecule has 1 aromatic carbocycles. The zero-order valence-corrected chi connectivity index (χ0v) is 18.5. The van der Waals surface area contributed by atoms with Crippen LogP contribution in [0.5, 0.6) is 5.75 Å². The minimum Gasteiger partial charge on any atom is -0.490 e. The van der Waals surface area contributed by atoms with Crippen molar-refractivity contribution in [1.29, 1.82) is 0 Å². The fraction of sp³-hybridized carbons (Fsp3) is 0.650. The van der Waals surface area contributed by atoms with Gasteiger partial charge in [-0.15, -0.1) is 0 Å². The standard InChI is InChI=1S/C20H32FN3O5S/c1-14(2)13-29-18-11-16(7-8-17(18)21)15(3)23-30(27,28)10-6-4-5-9-24-12-19(25)22-20(24)26/h7-8,11,14-15,20,23,26H,4-6,9-10,12-13H2,1-3H3,(H,22,25)/t15-,20?/m1/s1. The van der Waals surface area contributed by atoms with Crippen LogP contribution in [0.3, 0.4) is 0 Å². The van der Waals surface area contributed by atoms with Crippen LogP contribution in [0.25, 0.3) is 0 Å². The Morgan fingerprint density at radius 1 is 1.30 bits per heavy atom. The zero-order valence-electron chi connectivity index (χ0n) is 17.7. The predicted molar refractivity (Wildman–Crippen MR) is 112 cm³/mol. The van der Waals surface area contributed by atoms with Crippen LogP contribution >= 0.6 is 0 Å². The fourth-order valence-electron chi connectivity index (χ4n) is 3.09. The minimum atomic E-state index is -3.51. The van der Waals surface area contributed by atoms with Gasteiger partial charge >= 0.3 is 0 Å². The number of unbranched alkanes of at least 4 members (excludes halogenated alkanes) is 2. The van der Waals surface area contributed by atoms with Crippen molar-refractivity contribution in [3.63, 3.8) is 0 Å². The van der Waals surface area contributed by atoms with E-state index < -0.39 is 28.2 Å². The lowest BCUT2D eigenvalue weighted by atomic mass is 10.1. The second kappa shape index (κ2) is 11.0. The lowest BCUT2D eigenvalue weighted by Crippen LogP contribution is -2.36. The number of nitrogens with one attached hydrogen (secondary N) is 2. The molecule has 0 bridgehead atoms. The van der Waals surface area contributed by atoms with Crippen LogP contribution in [0, 0.1) is 11.7 Å². The molecule has 0 aliphatic carbocycles. The molecule has 1 unspecified atom stereocenters. The van der Waals surface area contributed by atoms with Gasteiger partial charge in [0.15, 0.2) is 17.9 Å². The fourth-order valence-corrected chi connectivity index (χ4v) is 4.47. The second-order valence-electron chi connectivity index (χ2n) is 8.03. The van der Waals surface area contributed by atoms with Crippen LogP contribution in [0.4, 0.5) is 4.39 Å². The summed E-state index contributed by atoms with van der Waals surface area (Å²) in [4.78, 5) is 12.8. The van der Waals surface area contributed by atoms with Crippen molar-refractivity contribution in [3.05, 3.63) is 29.6 Å². The number of ether oxygens (including phenoxy) is 1. The number of aliphatic hydroxyl groups excluding tert-OH is 1. The summed E-state index contributed by atoms with van der Waals surface area (Å²) in [5.74, 6) is -0.371. The Kier molecular flexibility index (Phi) is 9.02. The molecule has 1 heterocycles. The summed E-state index contributed by atoms with van der Waals surface area (Å²) in [5.41, 5.74) is 0.624. The van der Waals surface area contributed by atoms with Gasteiger partial charge in [-0.3, -0.25) is 9.69 Å². The molecule has 8 nitrogen and oxygen atoms in total. The van der Waals surface area contributed by atoms with Gasteiger partial charge < -0.3 is 15.2 Å². The molecule has 2 rings (SSSR count). The maximum atomic E-state index is 13.9. The first-order chi connectivity index (χ1) is 14.1. The van der Waals surface area contributed by atoms with Crippen LogP contribution in [-0.2, 0) is 14.8 Å². The summed E-state index contributed by atoms with van der Waals surface area (Å²) in [7, 11) is -3.51. The molecule has 1 aliphatic rings. The van der Waals surface area contributed by atoms with E-state index in [0.717, 1.165) is 0 Å². The monoisotopic (exact) mass is 445 g/mol. The molecule has 170 valence electrons. The maximum Gasteiger partial charge on any atom is 0.237 e. The summed E-state index contributed by atoms with van der Waals surface area (Å²) in [6, 6.07) is 3.83. The Balaban J connectivity index is 1.78. The van der Waals surface area contributed by atoms with Crippen molar-refractivity contribution < 1.29 is 27.4 Å². The quantitative estimate of drug-likeness (QED) is 0.423. The van der Waals surface area contributed by atoms with Crippen LogP contribution < -0.4 is 14.8 Å². The Morgan fingerprint density at radius 3 is 2.67 bits per heavy atom. The van der Waals surface area contributed by atoms with Crippen LogP contribution in [0.15, 0.2) is 18.2 Å². The Morgan fingerprint density at radius 2 is 2.03 bits per heavy atom. The number of carbonyl (C=O) groups is 1. The number of hydrogen-bond donors (Lipinski definition) is 3.